The van der Waals surface area contributed by atoms with Gasteiger partial charge in [-0.25, -0.2) is 0 Å². The Balaban J connectivity index is 4.49. The van der Waals surface area contributed by atoms with Gasteiger partial charge in [0.25, 0.3) is 0 Å². The van der Waals surface area contributed by atoms with Crippen molar-refractivity contribution in [1.82, 2.24) is 0 Å². The van der Waals surface area contributed by atoms with Crippen molar-refractivity contribution in [2.45, 2.75) is 271 Å². The van der Waals surface area contributed by atoms with Crippen molar-refractivity contribution >= 4 is 17.9 Å². The van der Waals surface area contributed by atoms with Gasteiger partial charge < -0.3 is 14.2 Å². The number of carbonyl (C=O) groups excluding carboxylic acids is 3. The Hall–Kier alpha value is -4.45. The molecule has 0 bridgehead atoms. The normalized spacial score (nSPS) is 13.1. The Bertz CT molecular complexity index is 1620. The summed E-state index contributed by atoms with van der Waals surface area (Å²) >= 11 is 0. The maximum absolute atomic E-state index is 12.9. The SMILES string of the molecule is CC/C=C\C/C=C\C/C=C\C/C=C\C/C=C\CCCCCCCC(=O)OCC(COC(=O)CCCCCCCCC/C=C\C/C=C\CCCCC)OC(=O)CCCCCCCC/C=C\C/C=C\C/C=C\C/C=C\CC. The summed E-state index contributed by atoms with van der Waals surface area (Å²) in [6.45, 7) is 6.36. The molecule has 0 fully saturated rings. The van der Waals surface area contributed by atoms with Crippen molar-refractivity contribution in [3.05, 3.63) is 134 Å². The molecule has 0 heterocycles. The number of hydrogen-bond acceptors (Lipinski definition) is 6. The van der Waals surface area contributed by atoms with Gasteiger partial charge >= 0.3 is 17.9 Å². The average molecular weight is 1040 g/mol. The molecule has 0 aromatic heterocycles. The highest BCUT2D eigenvalue weighted by Gasteiger charge is 2.19. The number of unbranched alkanes of at least 4 members (excludes halogenated alkanes) is 21. The fourth-order valence-electron chi connectivity index (χ4n) is 8.08. The van der Waals surface area contributed by atoms with Gasteiger partial charge in [-0.15, -0.1) is 0 Å². The smallest absolute Gasteiger partial charge is 0.306 e. The molecule has 75 heavy (non-hydrogen) atoms. The molecule has 1 unspecified atom stereocenters. The van der Waals surface area contributed by atoms with E-state index < -0.39 is 6.10 Å². The first-order valence-electron chi connectivity index (χ1n) is 30.7. The van der Waals surface area contributed by atoms with Gasteiger partial charge in [0, 0.05) is 19.3 Å². The highest BCUT2D eigenvalue weighted by atomic mass is 16.6. The van der Waals surface area contributed by atoms with Crippen molar-refractivity contribution in [2.75, 3.05) is 13.2 Å². The van der Waals surface area contributed by atoms with Crippen LogP contribution in [0.3, 0.4) is 0 Å². The molecule has 0 aliphatic rings. The molecule has 0 N–H and O–H groups in total. The number of esters is 3. The summed E-state index contributed by atoms with van der Waals surface area (Å²) in [6, 6.07) is 0. The number of rotatable bonds is 54. The van der Waals surface area contributed by atoms with E-state index in [4.69, 9.17) is 14.2 Å². The second-order valence-corrected chi connectivity index (χ2v) is 19.8. The van der Waals surface area contributed by atoms with Gasteiger partial charge in [0.1, 0.15) is 13.2 Å². The summed E-state index contributed by atoms with van der Waals surface area (Å²) in [5.74, 6) is -0.939. The van der Waals surface area contributed by atoms with Crippen LogP contribution >= 0.6 is 0 Å². The Morgan fingerprint density at radius 1 is 0.280 bits per heavy atom. The van der Waals surface area contributed by atoms with Crippen molar-refractivity contribution in [3.8, 4) is 0 Å². The Morgan fingerprint density at radius 2 is 0.520 bits per heavy atom. The number of allylic oxidation sites excluding steroid dienone is 22. The first-order valence-corrected chi connectivity index (χ1v) is 30.7. The molecule has 0 aromatic carbocycles. The van der Waals surface area contributed by atoms with E-state index in [9.17, 15) is 14.4 Å². The lowest BCUT2D eigenvalue weighted by atomic mass is 10.1. The van der Waals surface area contributed by atoms with Crippen molar-refractivity contribution in [3.63, 3.8) is 0 Å². The van der Waals surface area contributed by atoms with E-state index in [2.05, 4.69) is 154 Å². The lowest BCUT2D eigenvalue weighted by molar-refractivity contribution is -0.167. The topological polar surface area (TPSA) is 78.9 Å². The zero-order valence-electron chi connectivity index (χ0n) is 48.5. The van der Waals surface area contributed by atoms with Gasteiger partial charge in [0.2, 0.25) is 0 Å². The lowest BCUT2D eigenvalue weighted by Crippen LogP contribution is -2.30. The van der Waals surface area contributed by atoms with E-state index in [0.29, 0.717) is 19.3 Å². The quantitative estimate of drug-likeness (QED) is 0.0261. The third kappa shape index (κ3) is 60.3. The molecular weight excluding hydrogens is 925 g/mol. The third-order valence-electron chi connectivity index (χ3n) is 12.6. The summed E-state index contributed by atoms with van der Waals surface area (Å²) in [5, 5.41) is 0. The lowest BCUT2D eigenvalue weighted by Gasteiger charge is -2.18. The summed E-state index contributed by atoms with van der Waals surface area (Å²) in [5.41, 5.74) is 0. The maximum atomic E-state index is 12.9. The molecule has 0 aromatic rings. The molecular formula is C69H112O6. The zero-order valence-corrected chi connectivity index (χ0v) is 48.5. The first-order chi connectivity index (χ1) is 37.0. The van der Waals surface area contributed by atoms with E-state index in [0.717, 1.165) is 161 Å². The van der Waals surface area contributed by atoms with E-state index in [1.807, 2.05) is 0 Å². The number of hydrogen-bond donors (Lipinski definition) is 0. The fourth-order valence-corrected chi connectivity index (χ4v) is 8.08. The predicted octanol–water partition coefficient (Wildman–Crippen LogP) is 21.0. The summed E-state index contributed by atoms with van der Waals surface area (Å²) in [7, 11) is 0. The fraction of sp³-hybridized carbons (Fsp3) is 0.638. The minimum Gasteiger partial charge on any atom is -0.462 e. The van der Waals surface area contributed by atoms with Crippen LogP contribution in [0.2, 0.25) is 0 Å². The summed E-state index contributed by atoms with van der Waals surface area (Å²) in [6.07, 6.45) is 87.2. The minimum atomic E-state index is -0.804. The second-order valence-electron chi connectivity index (χ2n) is 19.8. The molecule has 0 amide bonds. The number of ether oxygens (including phenoxy) is 3. The third-order valence-corrected chi connectivity index (χ3v) is 12.6. The summed E-state index contributed by atoms with van der Waals surface area (Å²) in [4.78, 5) is 38.3. The maximum Gasteiger partial charge on any atom is 0.306 e. The molecule has 1 atom stereocenters. The van der Waals surface area contributed by atoms with Gasteiger partial charge in [0.05, 0.1) is 0 Å². The van der Waals surface area contributed by atoms with Crippen LogP contribution in [0.15, 0.2) is 134 Å². The molecule has 0 aliphatic heterocycles. The van der Waals surface area contributed by atoms with Crippen LogP contribution in [-0.2, 0) is 28.6 Å². The Kier molecular flexibility index (Phi) is 58.4. The Labute approximate surface area is 462 Å². The molecule has 0 spiro atoms. The van der Waals surface area contributed by atoms with Crippen LogP contribution in [0.4, 0.5) is 0 Å². The van der Waals surface area contributed by atoms with E-state index >= 15 is 0 Å². The highest BCUT2D eigenvalue weighted by molar-refractivity contribution is 5.71. The molecule has 0 saturated heterocycles. The van der Waals surface area contributed by atoms with Crippen LogP contribution in [0.5, 0.6) is 0 Å². The Morgan fingerprint density at radius 3 is 0.813 bits per heavy atom. The zero-order chi connectivity index (χ0) is 54.3. The van der Waals surface area contributed by atoms with Crippen LogP contribution in [0, 0.1) is 0 Å². The number of carbonyl (C=O) groups is 3. The van der Waals surface area contributed by atoms with E-state index in [-0.39, 0.29) is 31.1 Å². The first kappa shape index (κ1) is 70.5. The molecule has 0 saturated carbocycles. The van der Waals surface area contributed by atoms with Crippen LogP contribution in [0.25, 0.3) is 0 Å². The molecule has 0 aliphatic carbocycles. The summed E-state index contributed by atoms with van der Waals surface area (Å²) < 4.78 is 16.9. The van der Waals surface area contributed by atoms with Gasteiger partial charge in [-0.1, -0.05) is 244 Å². The molecule has 6 nitrogen and oxygen atoms in total. The van der Waals surface area contributed by atoms with Crippen molar-refractivity contribution in [2.24, 2.45) is 0 Å². The molecule has 6 heteroatoms. The minimum absolute atomic E-state index is 0.0985. The van der Waals surface area contributed by atoms with E-state index in [1.165, 1.54) is 64.2 Å². The van der Waals surface area contributed by atoms with Gasteiger partial charge in [0.15, 0.2) is 6.10 Å². The monoisotopic (exact) mass is 1040 g/mol. The standard InChI is InChI=1S/C69H112O6/c1-4-7-10-13-16-19-22-25-28-31-33-34-36-38-41-44-47-50-53-56-59-62-68(71)74-65-66(64-73-67(70)61-58-55-52-49-46-43-40-37-30-27-24-21-18-15-12-9-6-3)75-69(72)63-60-57-54-51-48-45-42-39-35-32-29-26-23-20-17-14-11-8-5-2/h7-8,10-11,16-21,25-30,33-35,38-39,41,66H,4-6,9,12-15,22-24,31-32,36-37,40,42-65H2,1-3H3/b10-7-,11-8-,19-16-,20-17-,21-18-,28-25-,29-26-,30-27-,34-33-,39-35-,41-38-. The van der Waals surface area contributed by atoms with Crippen LogP contribution < -0.4 is 0 Å². The average Bonchev–Trinajstić information content (AvgIpc) is 3.41. The predicted molar refractivity (Wildman–Crippen MR) is 325 cm³/mol. The van der Waals surface area contributed by atoms with Gasteiger partial charge in [-0.3, -0.25) is 14.4 Å². The largest absolute Gasteiger partial charge is 0.462 e. The van der Waals surface area contributed by atoms with Gasteiger partial charge in [-0.05, 0) is 135 Å². The van der Waals surface area contributed by atoms with Crippen LogP contribution in [-0.4, -0.2) is 37.2 Å². The second kappa shape index (κ2) is 62.1. The molecule has 0 rings (SSSR count). The van der Waals surface area contributed by atoms with Crippen LogP contribution in [0.1, 0.15) is 265 Å². The molecule has 424 valence electrons. The van der Waals surface area contributed by atoms with Crippen molar-refractivity contribution in [1.29, 1.82) is 0 Å². The van der Waals surface area contributed by atoms with Crippen molar-refractivity contribution < 1.29 is 28.6 Å². The molecule has 0 radical (unpaired) electrons. The van der Waals surface area contributed by atoms with Gasteiger partial charge in [-0.2, -0.15) is 0 Å². The van der Waals surface area contributed by atoms with E-state index in [1.54, 1.807) is 0 Å². The highest BCUT2D eigenvalue weighted by Crippen LogP contribution is 2.14.